The van der Waals surface area contributed by atoms with Crippen LogP contribution in [0.4, 0.5) is 8.78 Å². The lowest BCUT2D eigenvalue weighted by Crippen LogP contribution is -2.47. The fourth-order valence-electron chi connectivity index (χ4n) is 4.40. The van der Waals surface area contributed by atoms with Crippen molar-refractivity contribution in [1.82, 2.24) is 14.8 Å². The van der Waals surface area contributed by atoms with Gasteiger partial charge >= 0.3 is 0 Å². The third-order valence-electron chi connectivity index (χ3n) is 6.07. The van der Waals surface area contributed by atoms with Crippen LogP contribution in [-0.4, -0.2) is 52.7 Å². The predicted octanol–water partition coefficient (Wildman–Crippen LogP) is 1.88. The molecule has 2 aromatic rings. The average molecular weight is 447 g/mol. The fraction of sp³-hybridized carbons (Fsp3) is 0.409. The molecule has 10 heteroatoms. The van der Waals surface area contributed by atoms with Crippen LogP contribution in [0.5, 0.6) is 5.75 Å². The number of aryl methyl sites for hydroxylation is 1. The van der Waals surface area contributed by atoms with E-state index in [1.807, 2.05) is 0 Å². The highest BCUT2D eigenvalue weighted by Gasteiger charge is 2.40. The lowest BCUT2D eigenvalue weighted by molar-refractivity contribution is 0.0352. The zero-order valence-corrected chi connectivity index (χ0v) is 17.7. The van der Waals surface area contributed by atoms with Crippen molar-refractivity contribution in [2.24, 2.45) is 0 Å². The number of amides is 2. The van der Waals surface area contributed by atoms with E-state index in [1.54, 1.807) is 4.90 Å². The monoisotopic (exact) mass is 447 g/mol. The van der Waals surface area contributed by atoms with Gasteiger partial charge in [0.1, 0.15) is 17.2 Å². The molecule has 4 rings (SSSR count). The maximum Gasteiger partial charge on any atom is 0.274 e. The Labute approximate surface area is 182 Å². The number of aromatic nitrogens is 1. The lowest BCUT2D eigenvalue weighted by Gasteiger charge is -2.36. The van der Waals surface area contributed by atoms with Gasteiger partial charge in [-0.05, 0) is 37.5 Å². The van der Waals surface area contributed by atoms with E-state index >= 15 is 0 Å². The molecule has 1 aromatic carbocycles. The summed E-state index contributed by atoms with van der Waals surface area (Å²) >= 11 is 0. The number of methoxy groups -OCH3 is 1. The molecule has 1 aromatic heterocycles. The highest BCUT2D eigenvalue weighted by atomic mass is 19.1. The summed E-state index contributed by atoms with van der Waals surface area (Å²) in [5.41, 5.74) is -1.61. The first-order valence-corrected chi connectivity index (χ1v) is 10.3. The number of halogens is 2. The van der Waals surface area contributed by atoms with E-state index < -0.39 is 52.8 Å². The van der Waals surface area contributed by atoms with Gasteiger partial charge in [-0.25, -0.2) is 8.78 Å². The van der Waals surface area contributed by atoms with Gasteiger partial charge in [0.15, 0.2) is 11.4 Å². The van der Waals surface area contributed by atoms with Gasteiger partial charge in [-0.1, -0.05) is 0 Å². The number of rotatable bonds is 4. The Balaban J connectivity index is 1.70. The summed E-state index contributed by atoms with van der Waals surface area (Å²) < 4.78 is 35.1. The summed E-state index contributed by atoms with van der Waals surface area (Å²) in [6, 6.07) is 1.87. The molecule has 8 nitrogen and oxygen atoms in total. The third-order valence-corrected chi connectivity index (χ3v) is 6.07. The number of carbonyl (C=O) groups is 2. The van der Waals surface area contributed by atoms with Crippen LogP contribution in [0.15, 0.2) is 23.1 Å². The van der Waals surface area contributed by atoms with E-state index in [1.165, 1.54) is 24.8 Å². The van der Waals surface area contributed by atoms with Crippen molar-refractivity contribution < 1.29 is 28.2 Å². The van der Waals surface area contributed by atoms with Crippen molar-refractivity contribution in [3.63, 3.8) is 0 Å². The second-order valence-corrected chi connectivity index (χ2v) is 8.10. The van der Waals surface area contributed by atoms with E-state index in [9.17, 15) is 28.3 Å². The number of pyridine rings is 1. The molecule has 2 aliphatic rings. The van der Waals surface area contributed by atoms with Crippen molar-refractivity contribution in [1.29, 1.82) is 0 Å². The fourth-order valence-corrected chi connectivity index (χ4v) is 4.40. The molecule has 170 valence electrons. The van der Waals surface area contributed by atoms with Crippen LogP contribution in [0, 0.1) is 18.6 Å². The number of ether oxygens (including phenoxy) is 1. The Bertz CT molecular complexity index is 1140. The molecule has 1 saturated heterocycles. The van der Waals surface area contributed by atoms with Crippen LogP contribution in [0.2, 0.25) is 0 Å². The largest absolute Gasteiger partial charge is 0.503 e. The molecular formula is C22H23F2N3O5. The first-order chi connectivity index (χ1) is 15.2. The van der Waals surface area contributed by atoms with E-state index in [-0.39, 0.29) is 17.4 Å². The Morgan fingerprint density at radius 2 is 1.97 bits per heavy atom. The summed E-state index contributed by atoms with van der Waals surface area (Å²) in [5.74, 6) is -3.89. The standard InChI is InChI=1S/C22H23F2N3O5/c1-11-6-14(23)12(15(24)7-11)8-25-21(30)13-9-27-16-10-26(5-3-4-17(16)32-2)22(31)18(27)20(29)19(13)28/h6-7,9,16-17,29H,3-5,8,10H2,1-2H3,(H,25,30)/t16-,17-/m1/s1. The Morgan fingerprint density at radius 1 is 1.28 bits per heavy atom. The molecular weight excluding hydrogens is 424 g/mol. The molecule has 0 unspecified atom stereocenters. The SMILES string of the molecule is CO[C@@H]1CCCN2C[C@H]1n1cc(C(=O)NCc3c(F)cc(C)cc3F)c(=O)c(O)c1C2=O. The van der Waals surface area contributed by atoms with Crippen molar-refractivity contribution in [2.75, 3.05) is 20.2 Å². The van der Waals surface area contributed by atoms with E-state index in [2.05, 4.69) is 5.32 Å². The maximum absolute atomic E-state index is 14.1. The third kappa shape index (κ3) is 3.64. The normalized spacial score (nSPS) is 20.0. The Kier molecular flexibility index (Phi) is 5.72. The molecule has 2 aliphatic heterocycles. The summed E-state index contributed by atoms with van der Waals surface area (Å²) in [6.45, 7) is 1.83. The lowest BCUT2D eigenvalue weighted by atomic mass is 10.0. The molecule has 1 fully saturated rings. The first kappa shape index (κ1) is 21.9. The predicted molar refractivity (Wildman–Crippen MR) is 110 cm³/mol. The minimum absolute atomic E-state index is 0.192. The minimum atomic E-state index is -1.03. The molecule has 0 radical (unpaired) electrons. The number of nitrogens with one attached hydrogen (secondary N) is 1. The second kappa shape index (κ2) is 8.34. The van der Waals surface area contributed by atoms with Crippen molar-refractivity contribution in [3.05, 3.63) is 62.6 Å². The zero-order valence-electron chi connectivity index (χ0n) is 17.7. The summed E-state index contributed by atoms with van der Waals surface area (Å²) in [6.07, 6.45) is 2.28. The molecule has 2 N–H and O–H groups in total. The molecule has 2 amide bonds. The summed E-state index contributed by atoms with van der Waals surface area (Å²) in [5, 5.41) is 12.9. The number of benzene rings is 1. The van der Waals surface area contributed by atoms with Crippen LogP contribution in [0.3, 0.4) is 0 Å². The smallest absolute Gasteiger partial charge is 0.274 e. The average Bonchev–Trinajstić information content (AvgIpc) is 2.93. The van der Waals surface area contributed by atoms with Gasteiger partial charge in [-0.3, -0.25) is 14.4 Å². The van der Waals surface area contributed by atoms with Crippen molar-refractivity contribution in [2.45, 2.75) is 38.5 Å². The number of fused-ring (bicyclic) bond motifs is 4. The summed E-state index contributed by atoms with van der Waals surface area (Å²) in [7, 11) is 1.54. The van der Waals surface area contributed by atoms with Crippen LogP contribution < -0.4 is 10.7 Å². The Morgan fingerprint density at radius 3 is 2.62 bits per heavy atom. The van der Waals surface area contributed by atoms with Crippen LogP contribution in [0.1, 0.15) is 50.9 Å². The number of hydrogen-bond acceptors (Lipinski definition) is 5. The Hall–Kier alpha value is -3.27. The number of aromatic hydroxyl groups is 1. The van der Waals surface area contributed by atoms with E-state index in [0.717, 1.165) is 12.1 Å². The van der Waals surface area contributed by atoms with Gasteiger partial charge in [0.05, 0.1) is 12.1 Å². The molecule has 0 aliphatic carbocycles. The molecule has 0 saturated carbocycles. The highest BCUT2D eigenvalue weighted by molar-refractivity contribution is 5.99. The highest BCUT2D eigenvalue weighted by Crippen LogP contribution is 2.33. The second-order valence-electron chi connectivity index (χ2n) is 8.10. The zero-order chi connectivity index (χ0) is 23.2. The van der Waals surface area contributed by atoms with Crippen molar-refractivity contribution in [3.8, 4) is 5.75 Å². The molecule has 2 atom stereocenters. The van der Waals surface area contributed by atoms with Gasteiger partial charge in [-0.2, -0.15) is 0 Å². The van der Waals surface area contributed by atoms with Crippen molar-refractivity contribution >= 4 is 11.8 Å². The van der Waals surface area contributed by atoms with E-state index in [0.29, 0.717) is 31.5 Å². The van der Waals surface area contributed by atoms with Gasteiger partial charge < -0.3 is 24.6 Å². The van der Waals surface area contributed by atoms with Gasteiger partial charge in [0.25, 0.3) is 11.8 Å². The first-order valence-electron chi connectivity index (χ1n) is 10.3. The number of hydrogen-bond donors (Lipinski definition) is 2. The number of carbonyl (C=O) groups excluding carboxylic acids is 2. The molecule has 3 heterocycles. The topological polar surface area (TPSA) is 101 Å². The number of nitrogens with zero attached hydrogens (tertiary/aromatic N) is 2. The van der Waals surface area contributed by atoms with E-state index in [4.69, 9.17) is 4.74 Å². The quantitative estimate of drug-likeness (QED) is 0.746. The van der Waals surface area contributed by atoms with Crippen LogP contribution >= 0.6 is 0 Å². The summed E-state index contributed by atoms with van der Waals surface area (Å²) in [4.78, 5) is 39.8. The molecule has 2 bridgehead atoms. The van der Waals surface area contributed by atoms with Gasteiger partial charge in [0.2, 0.25) is 5.43 Å². The van der Waals surface area contributed by atoms with Crippen LogP contribution in [-0.2, 0) is 11.3 Å². The molecule has 32 heavy (non-hydrogen) atoms. The molecule has 0 spiro atoms. The van der Waals surface area contributed by atoms with Gasteiger partial charge in [0, 0.05) is 38.5 Å². The maximum atomic E-state index is 14.1. The van der Waals surface area contributed by atoms with Crippen LogP contribution in [0.25, 0.3) is 0 Å². The minimum Gasteiger partial charge on any atom is -0.503 e. The van der Waals surface area contributed by atoms with Gasteiger partial charge in [-0.15, -0.1) is 0 Å².